The average Bonchev–Trinajstić information content (AvgIpc) is 2.55. The van der Waals surface area contributed by atoms with Gasteiger partial charge in [-0.15, -0.1) is 11.8 Å². The molecule has 1 N–H and O–H groups in total. The van der Waals surface area contributed by atoms with Crippen molar-refractivity contribution < 1.29 is 9.53 Å². The number of aryl methyl sites for hydroxylation is 1. The van der Waals surface area contributed by atoms with Gasteiger partial charge in [0, 0.05) is 10.6 Å². The van der Waals surface area contributed by atoms with E-state index in [4.69, 9.17) is 4.74 Å². The van der Waals surface area contributed by atoms with Gasteiger partial charge in [-0.1, -0.05) is 26.0 Å². The van der Waals surface area contributed by atoms with Crippen LogP contribution in [0.15, 0.2) is 53.4 Å². The fourth-order valence-corrected chi connectivity index (χ4v) is 2.63. The van der Waals surface area contributed by atoms with Crippen molar-refractivity contribution in [3.63, 3.8) is 0 Å². The van der Waals surface area contributed by atoms with Crippen LogP contribution in [0.25, 0.3) is 0 Å². The highest BCUT2D eigenvalue weighted by Gasteiger charge is 2.04. The number of nitrogens with one attached hydrogen (secondary N) is 1. The largest absolute Gasteiger partial charge is 0.484 e. The lowest BCUT2D eigenvalue weighted by atomic mass is 10.2. The lowest BCUT2D eigenvalue weighted by Crippen LogP contribution is -2.20. The summed E-state index contributed by atoms with van der Waals surface area (Å²) >= 11 is 1.78. The van der Waals surface area contributed by atoms with Crippen LogP contribution in [-0.2, 0) is 11.2 Å². The third kappa shape index (κ3) is 5.11. The number of anilines is 1. The molecule has 0 fully saturated rings. The van der Waals surface area contributed by atoms with Crippen LogP contribution >= 0.6 is 11.8 Å². The molecular weight excluding hydrogens is 294 g/mol. The molecule has 3 nitrogen and oxygen atoms in total. The Balaban J connectivity index is 1.81. The van der Waals surface area contributed by atoms with Gasteiger partial charge in [0.05, 0.1) is 0 Å². The molecule has 2 rings (SSSR count). The summed E-state index contributed by atoms with van der Waals surface area (Å²) in [5.41, 5.74) is 2.04. The Hall–Kier alpha value is -1.94. The molecule has 1 amide bonds. The summed E-state index contributed by atoms with van der Waals surface area (Å²) in [5, 5.41) is 2.83. The van der Waals surface area contributed by atoms with Crippen molar-refractivity contribution in [1.29, 1.82) is 0 Å². The second kappa shape index (κ2) is 8.49. The van der Waals surface area contributed by atoms with E-state index in [0.29, 0.717) is 5.75 Å². The van der Waals surface area contributed by atoms with Gasteiger partial charge in [0.1, 0.15) is 5.75 Å². The van der Waals surface area contributed by atoms with Gasteiger partial charge in [-0.05, 0) is 54.1 Å². The summed E-state index contributed by atoms with van der Waals surface area (Å²) in [5.74, 6) is 1.59. The summed E-state index contributed by atoms with van der Waals surface area (Å²) in [7, 11) is 0. The molecule has 0 radical (unpaired) electrons. The Morgan fingerprint density at radius 1 is 1.05 bits per heavy atom. The number of amides is 1. The minimum Gasteiger partial charge on any atom is -0.484 e. The van der Waals surface area contributed by atoms with Gasteiger partial charge in [0.2, 0.25) is 0 Å². The standard InChI is InChI=1S/C18H21NO2S/c1-3-14-5-9-16(10-6-14)21-13-18(20)19-15-7-11-17(12-8-15)22-4-2/h5-12H,3-4,13H2,1-2H3,(H,19,20). The van der Waals surface area contributed by atoms with Gasteiger partial charge in [0.25, 0.3) is 5.91 Å². The Kier molecular flexibility index (Phi) is 6.34. The average molecular weight is 315 g/mol. The van der Waals surface area contributed by atoms with Crippen molar-refractivity contribution in [2.75, 3.05) is 17.7 Å². The Morgan fingerprint density at radius 3 is 2.32 bits per heavy atom. The monoisotopic (exact) mass is 315 g/mol. The zero-order chi connectivity index (χ0) is 15.8. The molecule has 0 atom stereocenters. The third-order valence-corrected chi connectivity index (χ3v) is 4.04. The number of hydrogen-bond acceptors (Lipinski definition) is 3. The van der Waals surface area contributed by atoms with Gasteiger partial charge in [-0.3, -0.25) is 4.79 Å². The van der Waals surface area contributed by atoms with E-state index in [-0.39, 0.29) is 12.5 Å². The molecule has 4 heteroatoms. The fraction of sp³-hybridized carbons (Fsp3) is 0.278. The first-order chi connectivity index (χ1) is 10.7. The highest BCUT2D eigenvalue weighted by molar-refractivity contribution is 7.99. The van der Waals surface area contributed by atoms with E-state index < -0.39 is 0 Å². The van der Waals surface area contributed by atoms with Gasteiger partial charge in [-0.2, -0.15) is 0 Å². The van der Waals surface area contributed by atoms with Crippen molar-refractivity contribution in [3.8, 4) is 5.75 Å². The van der Waals surface area contributed by atoms with E-state index in [0.717, 1.165) is 17.9 Å². The number of carbonyl (C=O) groups excluding carboxylic acids is 1. The number of carbonyl (C=O) groups is 1. The zero-order valence-corrected chi connectivity index (χ0v) is 13.8. The molecule has 0 saturated carbocycles. The van der Waals surface area contributed by atoms with Gasteiger partial charge in [0.15, 0.2) is 6.61 Å². The van der Waals surface area contributed by atoms with Crippen LogP contribution in [-0.4, -0.2) is 18.3 Å². The van der Waals surface area contributed by atoms with Crippen LogP contribution in [0.3, 0.4) is 0 Å². The maximum atomic E-state index is 11.9. The SMILES string of the molecule is CCSc1ccc(NC(=O)COc2ccc(CC)cc2)cc1. The first-order valence-electron chi connectivity index (χ1n) is 7.45. The van der Waals surface area contributed by atoms with Crippen molar-refractivity contribution in [3.05, 3.63) is 54.1 Å². The number of benzene rings is 2. The molecule has 0 heterocycles. The Labute approximate surface area is 136 Å². The van der Waals surface area contributed by atoms with Crippen molar-refractivity contribution >= 4 is 23.4 Å². The molecule has 0 saturated heterocycles. The lowest BCUT2D eigenvalue weighted by molar-refractivity contribution is -0.118. The number of rotatable bonds is 7. The predicted molar refractivity (Wildman–Crippen MR) is 92.8 cm³/mol. The summed E-state index contributed by atoms with van der Waals surface area (Å²) in [6, 6.07) is 15.6. The first-order valence-corrected chi connectivity index (χ1v) is 8.44. The third-order valence-electron chi connectivity index (χ3n) is 3.15. The summed E-state index contributed by atoms with van der Waals surface area (Å²) < 4.78 is 5.49. The summed E-state index contributed by atoms with van der Waals surface area (Å²) in [6.45, 7) is 4.23. The lowest BCUT2D eigenvalue weighted by Gasteiger charge is -2.08. The first kappa shape index (κ1) is 16.4. The Morgan fingerprint density at radius 2 is 1.73 bits per heavy atom. The summed E-state index contributed by atoms with van der Waals surface area (Å²) in [4.78, 5) is 13.1. The quantitative estimate of drug-likeness (QED) is 0.771. The minimum absolute atomic E-state index is 0.0108. The van der Waals surface area contributed by atoms with E-state index in [1.165, 1.54) is 10.5 Å². The molecule has 22 heavy (non-hydrogen) atoms. The zero-order valence-electron chi connectivity index (χ0n) is 13.0. The van der Waals surface area contributed by atoms with Gasteiger partial charge >= 0.3 is 0 Å². The van der Waals surface area contributed by atoms with E-state index >= 15 is 0 Å². The van der Waals surface area contributed by atoms with Crippen LogP contribution in [0.5, 0.6) is 5.75 Å². The smallest absolute Gasteiger partial charge is 0.262 e. The van der Waals surface area contributed by atoms with Crippen LogP contribution in [0.2, 0.25) is 0 Å². The number of thioether (sulfide) groups is 1. The molecule has 2 aromatic rings. The normalized spacial score (nSPS) is 10.3. The van der Waals surface area contributed by atoms with E-state index in [2.05, 4.69) is 19.2 Å². The second-order valence-corrected chi connectivity index (χ2v) is 6.13. The van der Waals surface area contributed by atoms with Crippen LogP contribution < -0.4 is 10.1 Å². The Bertz CT molecular complexity index is 593. The number of hydrogen-bond donors (Lipinski definition) is 1. The van der Waals surface area contributed by atoms with Crippen molar-refractivity contribution in [2.24, 2.45) is 0 Å². The minimum atomic E-state index is -0.157. The molecule has 116 valence electrons. The van der Waals surface area contributed by atoms with Crippen LogP contribution in [0.4, 0.5) is 5.69 Å². The van der Waals surface area contributed by atoms with Gasteiger partial charge < -0.3 is 10.1 Å². The highest BCUT2D eigenvalue weighted by Crippen LogP contribution is 2.19. The molecule has 0 spiro atoms. The topological polar surface area (TPSA) is 38.3 Å². The van der Waals surface area contributed by atoms with Crippen LogP contribution in [0, 0.1) is 0 Å². The number of ether oxygens (including phenoxy) is 1. The van der Waals surface area contributed by atoms with Crippen LogP contribution in [0.1, 0.15) is 19.4 Å². The van der Waals surface area contributed by atoms with E-state index in [9.17, 15) is 4.79 Å². The molecule has 0 unspecified atom stereocenters. The molecular formula is C18H21NO2S. The second-order valence-electron chi connectivity index (χ2n) is 4.79. The molecule has 0 bridgehead atoms. The van der Waals surface area contributed by atoms with E-state index in [1.54, 1.807) is 11.8 Å². The van der Waals surface area contributed by atoms with Crippen molar-refractivity contribution in [1.82, 2.24) is 0 Å². The fourth-order valence-electron chi connectivity index (χ4n) is 1.97. The molecule has 0 aliphatic heterocycles. The maximum absolute atomic E-state index is 11.9. The van der Waals surface area contributed by atoms with E-state index in [1.807, 2.05) is 48.5 Å². The molecule has 2 aromatic carbocycles. The molecule has 0 aromatic heterocycles. The van der Waals surface area contributed by atoms with Gasteiger partial charge in [-0.25, -0.2) is 0 Å². The maximum Gasteiger partial charge on any atom is 0.262 e. The van der Waals surface area contributed by atoms with Crippen molar-refractivity contribution in [2.45, 2.75) is 25.2 Å². The predicted octanol–water partition coefficient (Wildman–Crippen LogP) is 4.38. The molecule has 0 aliphatic carbocycles. The molecule has 0 aliphatic rings. The summed E-state index contributed by atoms with van der Waals surface area (Å²) in [6.07, 6.45) is 0.993. The highest BCUT2D eigenvalue weighted by atomic mass is 32.2.